The van der Waals surface area contributed by atoms with Crippen molar-refractivity contribution in [3.05, 3.63) is 29.8 Å². The van der Waals surface area contributed by atoms with Crippen LogP contribution in [0.4, 0.5) is 4.79 Å². The number of carbonyl (C=O) groups excluding carboxylic acids is 1. The molecule has 0 bridgehead atoms. The summed E-state index contributed by atoms with van der Waals surface area (Å²) in [6, 6.07) is 7.56. The first kappa shape index (κ1) is 13.7. The maximum atomic E-state index is 11.8. The third-order valence-electron chi connectivity index (χ3n) is 3.34. The van der Waals surface area contributed by atoms with E-state index in [-0.39, 0.29) is 12.1 Å². The lowest BCUT2D eigenvalue weighted by molar-refractivity contribution is 0.196. The summed E-state index contributed by atoms with van der Waals surface area (Å²) in [7, 11) is 1.81. The molecule has 1 aromatic rings. The fourth-order valence-electron chi connectivity index (χ4n) is 2.28. The number of likely N-dealkylation sites (N-methyl/N-ethyl adjacent to an activating group) is 1. The van der Waals surface area contributed by atoms with Crippen LogP contribution in [0.25, 0.3) is 0 Å². The standard InChI is InChI=1S/C14H21N3O2/c1-3-19-13-7-5-4-6-11(13)12(15)10-17-9-8-16(2)14(17)18/h4-7,12H,3,8-10,15H2,1-2H3. The first-order valence-electron chi connectivity index (χ1n) is 6.60. The predicted molar refractivity (Wildman–Crippen MR) is 74.1 cm³/mol. The quantitative estimate of drug-likeness (QED) is 0.874. The summed E-state index contributed by atoms with van der Waals surface area (Å²) in [5.74, 6) is 0.803. The highest BCUT2D eigenvalue weighted by Gasteiger charge is 2.27. The molecule has 5 nitrogen and oxygen atoms in total. The molecule has 1 unspecified atom stereocenters. The number of hydrogen-bond donors (Lipinski definition) is 1. The Bertz CT molecular complexity index is 450. The normalized spacial score (nSPS) is 16.9. The largest absolute Gasteiger partial charge is 0.494 e. The van der Waals surface area contributed by atoms with Crippen molar-refractivity contribution in [3.63, 3.8) is 0 Å². The van der Waals surface area contributed by atoms with Crippen LogP contribution in [0.5, 0.6) is 5.75 Å². The van der Waals surface area contributed by atoms with E-state index in [2.05, 4.69) is 0 Å². The molecule has 2 amide bonds. The fourth-order valence-corrected chi connectivity index (χ4v) is 2.28. The second kappa shape index (κ2) is 5.93. The Labute approximate surface area is 113 Å². The topological polar surface area (TPSA) is 58.8 Å². The summed E-state index contributed by atoms with van der Waals surface area (Å²) in [6.07, 6.45) is 0. The molecule has 104 valence electrons. The van der Waals surface area contributed by atoms with Crippen LogP contribution in [0, 0.1) is 0 Å². The van der Waals surface area contributed by atoms with E-state index in [0.29, 0.717) is 13.2 Å². The summed E-state index contributed by atoms with van der Waals surface area (Å²) in [4.78, 5) is 15.3. The van der Waals surface area contributed by atoms with Gasteiger partial charge in [-0.05, 0) is 13.0 Å². The van der Waals surface area contributed by atoms with E-state index in [1.54, 1.807) is 9.80 Å². The van der Waals surface area contributed by atoms with E-state index in [1.807, 2.05) is 38.2 Å². The van der Waals surface area contributed by atoms with Crippen LogP contribution in [0.1, 0.15) is 18.5 Å². The molecule has 2 N–H and O–H groups in total. The summed E-state index contributed by atoms with van der Waals surface area (Å²) < 4.78 is 5.58. The van der Waals surface area contributed by atoms with Crippen molar-refractivity contribution >= 4 is 6.03 Å². The van der Waals surface area contributed by atoms with Crippen LogP contribution in [-0.2, 0) is 0 Å². The summed E-state index contributed by atoms with van der Waals surface area (Å²) >= 11 is 0. The zero-order chi connectivity index (χ0) is 13.8. The van der Waals surface area contributed by atoms with Crippen LogP contribution in [0.15, 0.2) is 24.3 Å². The second-order valence-electron chi connectivity index (χ2n) is 4.73. The first-order valence-corrected chi connectivity index (χ1v) is 6.60. The SMILES string of the molecule is CCOc1ccccc1C(N)CN1CCN(C)C1=O. The predicted octanol–water partition coefficient (Wildman–Crippen LogP) is 1.45. The Hall–Kier alpha value is -1.75. The van der Waals surface area contributed by atoms with Crippen molar-refractivity contribution in [2.24, 2.45) is 5.73 Å². The summed E-state index contributed by atoms with van der Waals surface area (Å²) in [5, 5.41) is 0. The van der Waals surface area contributed by atoms with Crippen molar-refractivity contribution in [1.82, 2.24) is 9.80 Å². The Morgan fingerprint density at radius 3 is 2.74 bits per heavy atom. The number of nitrogens with two attached hydrogens (primary N) is 1. The van der Waals surface area contributed by atoms with E-state index >= 15 is 0 Å². The van der Waals surface area contributed by atoms with Gasteiger partial charge in [0.25, 0.3) is 0 Å². The van der Waals surface area contributed by atoms with Crippen LogP contribution < -0.4 is 10.5 Å². The van der Waals surface area contributed by atoms with Crippen molar-refractivity contribution in [3.8, 4) is 5.75 Å². The molecule has 1 heterocycles. The van der Waals surface area contributed by atoms with Crippen molar-refractivity contribution in [2.75, 3.05) is 33.3 Å². The molecule has 5 heteroatoms. The molecule has 19 heavy (non-hydrogen) atoms. The smallest absolute Gasteiger partial charge is 0.319 e. The molecule has 0 aliphatic carbocycles. The lowest BCUT2D eigenvalue weighted by atomic mass is 10.1. The number of rotatable bonds is 5. The zero-order valence-electron chi connectivity index (χ0n) is 11.5. The molecular formula is C14H21N3O2. The summed E-state index contributed by atoms with van der Waals surface area (Å²) in [5.41, 5.74) is 7.17. The van der Waals surface area contributed by atoms with Gasteiger partial charge in [0.1, 0.15) is 5.75 Å². The van der Waals surface area contributed by atoms with Crippen molar-refractivity contribution in [2.45, 2.75) is 13.0 Å². The van der Waals surface area contributed by atoms with E-state index in [4.69, 9.17) is 10.5 Å². The van der Waals surface area contributed by atoms with Crippen LogP contribution in [0.3, 0.4) is 0 Å². The van der Waals surface area contributed by atoms with Gasteiger partial charge in [-0.15, -0.1) is 0 Å². The minimum Gasteiger partial charge on any atom is -0.494 e. The molecule has 1 aliphatic rings. The average Bonchev–Trinajstić information content (AvgIpc) is 2.72. The van der Waals surface area contributed by atoms with Gasteiger partial charge in [-0.25, -0.2) is 4.79 Å². The molecular weight excluding hydrogens is 242 g/mol. The lowest BCUT2D eigenvalue weighted by Gasteiger charge is -2.22. The van der Waals surface area contributed by atoms with Crippen molar-refractivity contribution < 1.29 is 9.53 Å². The third kappa shape index (κ3) is 2.98. The number of carbonyl (C=O) groups is 1. The first-order chi connectivity index (χ1) is 9.13. The van der Waals surface area contributed by atoms with Gasteiger partial charge in [-0.1, -0.05) is 18.2 Å². The molecule has 1 aliphatic heterocycles. The molecule has 0 radical (unpaired) electrons. The van der Waals surface area contributed by atoms with Gasteiger partial charge in [-0.2, -0.15) is 0 Å². The number of amides is 2. The van der Waals surface area contributed by atoms with Crippen LogP contribution in [-0.4, -0.2) is 49.1 Å². The highest BCUT2D eigenvalue weighted by Crippen LogP contribution is 2.25. The third-order valence-corrected chi connectivity index (χ3v) is 3.34. The number of hydrogen-bond acceptors (Lipinski definition) is 3. The maximum Gasteiger partial charge on any atom is 0.319 e. The molecule has 1 saturated heterocycles. The van der Waals surface area contributed by atoms with Gasteiger partial charge >= 0.3 is 6.03 Å². The maximum absolute atomic E-state index is 11.8. The molecule has 0 saturated carbocycles. The Kier molecular flexibility index (Phi) is 4.27. The minimum absolute atomic E-state index is 0.0457. The number of nitrogens with zero attached hydrogens (tertiary/aromatic N) is 2. The van der Waals surface area contributed by atoms with Crippen LogP contribution in [0.2, 0.25) is 0 Å². The van der Waals surface area contributed by atoms with E-state index in [1.165, 1.54) is 0 Å². The Morgan fingerprint density at radius 2 is 2.11 bits per heavy atom. The molecule has 0 spiro atoms. The number of para-hydroxylation sites is 1. The zero-order valence-corrected chi connectivity index (χ0v) is 11.5. The van der Waals surface area contributed by atoms with Gasteiger partial charge in [0.15, 0.2) is 0 Å². The Balaban J connectivity index is 2.07. The minimum atomic E-state index is -0.224. The van der Waals surface area contributed by atoms with Gasteiger partial charge < -0.3 is 20.3 Å². The average molecular weight is 263 g/mol. The van der Waals surface area contributed by atoms with Gasteiger partial charge in [-0.3, -0.25) is 0 Å². The molecule has 1 atom stereocenters. The van der Waals surface area contributed by atoms with Crippen molar-refractivity contribution in [1.29, 1.82) is 0 Å². The van der Waals surface area contributed by atoms with Gasteiger partial charge in [0, 0.05) is 32.2 Å². The molecule has 0 aromatic heterocycles. The Morgan fingerprint density at radius 1 is 1.37 bits per heavy atom. The number of urea groups is 1. The fraction of sp³-hybridized carbons (Fsp3) is 0.500. The van der Waals surface area contributed by atoms with Gasteiger partial charge in [0.05, 0.1) is 12.6 Å². The van der Waals surface area contributed by atoms with Crippen LogP contribution >= 0.6 is 0 Å². The number of benzene rings is 1. The molecule has 2 rings (SSSR count). The number of ether oxygens (including phenoxy) is 1. The van der Waals surface area contributed by atoms with E-state index < -0.39 is 0 Å². The second-order valence-corrected chi connectivity index (χ2v) is 4.73. The van der Waals surface area contributed by atoms with Gasteiger partial charge in [0.2, 0.25) is 0 Å². The van der Waals surface area contributed by atoms with E-state index in [0.717, 1.165) is 24.4 Å². The monoisotopic (exact) mass is 263 g/mol. The highest BCUT2D eigenvalue weighted by molar-refractivity contribution is 5.76. The highest BCUT2D eigenvalue weighted by atomic mass is 16.5. The summed E-state index contributed by atoms with van der Waals surface area (Å²) in [6.45, 7) is 4.57. The van der Waals surface area contributed by atoms with E-state index in [9.17, 15) is 4.79 Å². The molecule has 1 aromatic carbocycles. The lowest BCUT2D eigenvalue weighted by Crippen LogP contribution is -2.35. The molecule has 1 fully saturated rings.